The molecule has 1 aliphatic heterocycles. The van der Waals surface area contributed by atoms with E-state index in [-0.39, 0.29) is 6.04 Å². The molecule has 0 amide bonds. The van der Waals surface area contributed by atoms with Crippen molar-refractivity contribution in [3.8, 4) is 0 Å². The molecule has 0 bridgehead atoms. The third-order valence-corrected chi connectivity index (χ3v) is 3.45. The molecule has 0 unspecified atom stereocenters. The van der Waals surface area contributed by atoms with Gasteiger partial charge in [-0.05, 0) is 0 Å². The molecule has 1 saturated heterocycles. The van der Waals surface area contributed by atoms with Crippen LogP contribution in [0.3, 0.4) is 0 Å². The fourth-order valence-electron chi connectivity index (χ4n) is 1.65. The summed E-state index contributed by atoms with van der Waals surface area (Å²) in [5.74, 6) is 0. The average Bonchev–Trinajstić information content (AvgIpc) is 2.69. The Labute approximate surface area is 87.4 Å². The summed E-state index contributed by atoms with van der Waals surface area (Å²) in [7, 11) is -3.68. The van der Waals surface area contributed by atoms with E-state index < -0.39 is 10.2 Å². The van der Waals surface area contributed by atoms with E-state index >= 15 is 0 Å². The molecule has 84 valence electrons. The molecule has 0 spiro atoms. The van der Waals surface area contributed by atoms with Crippen LogP contribution in [0.15, 0.2) is 17.0 Å². The van der Waals surface area contributed by atoms with Gasteiger partial charge < -0.3 is 9.84 Å². The van der Waals surface area contributed by atoms with E-state index in [1.54, 1.807) is 0 Å². The van der Waals surface area contributed by atoms with Crippen molar-refractivity contribution in [2.45, 2.75) is 6.04 Å². The highest BCUT2D eigenvalue weighted by atomic mass is 32.2. The lowest BCUT2D eigenvalue weighted by Crippen LogP contribution is -2.50. The number of aromatic nitrogens is 1. The Balaban J connectivity index is 2.28. The number of piperazine rings is 1. The molecule has 8 heteroatoms. The molecular weight excluding hydrogens is 220 g/mol. The summed E-state index contributed by atoms with van der Waals surface area (Å²) in [6, 6.07) is -0.333. The second-order valence-corrected chi connectivity index (χ2v) is 4.83. The van der Waals surface area contributed by atoms with E-state index in [0.29, 0.717) is 25.2 Å². The Kier molecular flexibility index (Phi) is 2.74. The maximum Gasteiger partial charge on any atom is 0.277 e. The molecule has 0 aromatic carbocycles. The summed E-state index contributed by atoms with van der Waals surface area (Å²) < 4.78 is 28.6. The largest absolute Gasteiger partial charge is 0.364 e. The van der Waals surface area contributed by atoms with Gasteiger partial charge in [-0.3, -0.25) is 0 Å². The topological polar surface area (TPSA) is 101 Å². The van der Waals surface area contributed by atoms with Crippen LogP contribution < -0.4 is 10.5 Å². The van der Waals surface area contributed by atoms with Crippen LogP contribution in [0.5, 0.6) is 0 Å². The zero-order valence-electron chi connectivity index (χ0n) is 7.96. The molecule has 2 heterocycles. The highest BCUT2D eigenvalue weighted by Gasteiger charge is 2.31. The molecule has 15 heavy (non-hydrogen) atoms. The summed E-state index contributed by atoms with van der Waals surface area (Å²) in [6.45, 7) is 1.46. The number of hydrogen-bond acceptors (Lipinski definition) is 5. The number of nitrogens with zero attached hydrogens (tertiary/aromatic N) is 2. The summed E-state index contributed by atoms with van der Waals surface area (Å²) in [4.78, 5) is 0. The Morgan fingerprint density at radius 3 is 3.07 bits per heavy atom. The third-order valence-electron chi connectivity index (χ3n) is 2.36. The molecular formula is C7H12N4O3S. The van der Waals surface area contributed by atoms with Gasteiger partial charge in [0.15, 0.2) is 0 Å². The van der Waals surface area contributed by atoms with Gasteiger partial charge in [-0.1, -0.05) is 5.16 Å². The minimum atomic E-state index is -3.68. The Morgan fingerprint density at radius 2 is 2.47 bits per heavy atom. The van der Waals surface area contributed by atoms with Crippen LogP contribution in [0.1, 0.15) is 11.6 Å². The van der Waals surface area contributed by atoms with Crippen LogP contribution >= 0.6 is 0 Å². The molecule has 0 saturated carbocycles. The number of rotatable bonds is 2. The van der Waals surface area contributed by atoms with Crippen molar-refractivity contribution in [3.63, 3.8) is 0 Å². The van der Waals surface area contributed by atoms with Crippen LogP contribution in [0, 0.1) is 0 Å². The van der Waals surface area contributed by atoms with E-state index in [1.165, 1.54) is 16.8 Å². The zero-order valence-corrected chi connectivity index (χ0v) is 8.77. The van der Waals surface area contributed by atoms with Crippen molar-refractivity contribution in [1.82, 2.24) is 14.8 Å². The summed E-state index contributed by atoms with van der Waals surface area (Å²) >= 11 is 0. The van der Waals surface area contributed by atoms with E-state index in [0.717, 1.165) is 0 Å². The van der Waals surface area contributed by atoms with E-state index in [2.05, 4.69) is 15.0 Å². The summed E-state index contributed by atoms with van der Waals surface area (Å²) in [6.07, 6.45) is 2.92. The maximum atomic E-state index is 11.3. The average molecular weight is 232 g/mol. The van der Waals surface area contributed by atoms with Crippen molar-refractivity contribution in [1.29, 1.82) is 0 Å². The van der Waals surface area contributed by atoms with Gasteiger partial charge in [0.05, 0.1) is 12.2 Å². The molecule has 0 aliphatic carbocycles. The van der Waals surface area contributed by atoms with Gasteiger partial charge in [0.1, 0.15) is 6.26 Å². The lowest BCUT2D eigenvalue weighted by atomic mass is 10.1. The first-order valence-corrected chi connectivity index (χ1v) is 5.99. The van der Waals surface area contributed by atoms with E-state index in [9.17, 15) is 8.42 Å². The highest BCUT2D eigenvalue weighted by Crippen LogP contribution is 2.22. The molecule has 7 nitrogen and oxygen atoms in total. The van der Waals surface area contributed by atoms with E-state index in [4.69, 9.17) is 5.14 Å². The van der Waals surface area contributed by atoms with Crippen molar-refractivity contribution < 1.29 is 12.9 Å². The van der Waals surface area contributed by atoms with Crippen molar-refractivity contribution >= 4 is 10.2 Å². The predicted molar refractivity (Wildman–Crippen MR) is 51.9 cm³/mol. The van der Waals surface area contributed by atoms with Crippen molar-refractivity contribution in [3.05, 3.63) is 18.0 Å². The highest BCUT2D eigenvalue weighted by molar-refractivity contribution is 7.86. The first-order valence-electron chi connectivity index (χ1n) is 4.48. The Hall–Kier alpha value is -0.960. The number of hydrogen-bond donors (Lipinski definition) is 2. The minimum absolute atomic E-state index is 0.333. The van der Waals surface area contributed by atoms with Gasteiger partial charge in [0.25, 0.3) is 10.2 Å². The normalized spacial score (nSPS) is 24.2. The molecule has 1 aliphatic rings. The third kappa shape index (κ3) is 2.17. The quantitative estimate of drug-likeness (QED) is 0.668. The number of nitrogens with one attached hydrogen (secondary N) is 1. The summed E-state index contributed by atoms with van der Waals surface area (Å²) in [5.41, 5.74) is 0.705. The molecule has 1 fully saturated rings. The fourth-order valence-corrected chi connectivity index (χ4v) is 2.55. The molecule has 1 aromatic rings. The maximum absolute atomic E-state index is 11.3. The van der Waals surface area contributed by atoms with Crippen molar-refractivity contribution in [2.75, 3.05) is 19.6 Å². The fraction of sp³-hybridized carbons (Fsp3) is 0.571. The standard InChI is InChI=1S/C7H12N4O3S/c8-15(12,13)11-2-1-9-4-7(11)6-3-10-14-5-6/h3,5,7,9H,1-2,4H2,(H2,8,12,13)/t7-/m0/s1. The molecule has 1 aromatic heterocycles. The monoisotopic (exact) mass is 232 g/mol. The second kappa shape index (κ2) is 3.89. The van der Waals surface area contributed by atoms with Crippen LogP contribution in [0.25, 0.3) is 0 Å². The zero-order chi connectivity index (χ0) is 10.9. The molecule has 2 rings (SSSR count). The lowest BCUT2D eigenvalue weighted by Gasteiger charge is -2.32. The molecule has 0 radical (unpaired) electrons. The predicted octanol–water partition coefficient (Wildman–Crippen LogP) is -1.18. The smallest absolute Gasteiger partial charge is 0.277 e. The second-order valence-electron chi connectivity index (χ2n) is 3.33. The molecule has 3 N–H and O–H groups in total. The lowest BCUT2D eigenvalue weighted by molar-refractivity contribution is 0.270. The van der Waals surface area contributed by atoms with Gasteiger partial charge >= 0.3 is 0 Å². The van der Waals surface area contributed by atoms with E-state index in [1.807, 2.05) is 0 Å². The van der Waals surface area contributed by atoms with Gasteiger partial charge in [-0.25, -0.2) is 5.14 Å². The minimum Gasteiger partial charge on any atom is -0.364 e. The summed E-state index contributed by atoms with van der Waals surface area (Å²) in [5, 5.41) is 11.8. The van der Waals surface area contributed by atoms with Crippen LogP contribution in [-0.2, 0) is 10.2 Å². The van der Waals surface area contributed by atoms with Gasteiger partial charge in [-0.15, -0.1) is 0 Å². The van der Waals surface area contributed by atoms with Gasteiger partial charge in [0, 0.05) is 25.2 Å². The van der Waals surface area contributed by atoms with Gasteiger partial charge in [0.2, 0.25) is 0 Å². The van der Waals surface area contributed by atoms with Gasteiger partial charge in [-0.2, -0.15) is 12.7 Å². The van der Waals surface area contributed by atoms with Crippen LogP contribution in [0.4, 0.5) is 0 Å². The van der Waals surface area contributed by atoms with Crippen LogP contribution in [-0.4, -0.2) is 37.5 Å². The first-order chi connectivity index (χ1) is 7.09. The first kappa shape index (κ1) is 10.6. The Morgan fingerprint density at radius 1 is 1.67 bits per heavy atom. The van der Waals surface area contributed by atoms with Crippen LogP contribution in [0.2, 0.25) is 0 Å². The van der Waals surface area contributed by atoms with Crippen molar-refractivity contribution in [2.24, 2.45) is 5.14 Å². The molecule has 1 atom stereocenters. The number of nitrogens with two attached hydrogens (primary N) is 1. The Bertz CT molecular complexity index is 415. The SMILES string of the molecule is NS(=O)(=O)N1CCNC[C@H]1c1cnoc1.